The molecule has 1 aromatic heterocycles. The van der Waals surface area contributed by atoms with E-state index in [4.69, 9.17) is 14.2 Å². The summed E-state index contributed by atoms with van der Waals surface area (Å²) in [6.45, 7) is 1.88. The molecule has 0 fully saturated rings. The first-order valence-corrected chi connectivity index (χ1v) is 9.25. The van der Waals surface area contributed by atoms with Gasteiger partial charge in [-0.15, -0.1) is 0 Å². The Morgan fingerprint density at radius 3 is 3.00 bits per heavy atom. The number of nitrogens with zero attached hydrogens (tertiary/aromatic N) is 1. The Morgan fingerprint density at radius 1 is 1.30 bits per heavy atom. The van der Waals surface area contributed by atoms with Crippen LogP contribution in [-0.2, 0) is 20.7 Å². The fourth-order valence-corrected chi connectivity index (χ4v) is 3.49. The second-order valence-corrected chi connectivity index (χ2v) is 7.08. The van der Waals surface area contributed by atoms with Crippen LogP contribution >= 0.6 is 0 Å². The van der Waals surface area contributed by atoms with Gasteiger partial charge in [-0.2, -0.15) is 0 Å². The topological polar surface area (TPSA) is 63.8 Å². The van der Waals surface area contributed by atoms with E-state index in [2.05, 4.69) is 9.88 Å². The maximum atomic E-state index is 12.9. The van der Waals surface area contributed by atoms with E-state index in [0.29, 0.717) is 36.9 Å². The molecule has 2 aromatic rings. The molecule has 1 aliphatic carbocycles. The number of benzene rings is 1. The third kappa shape index (κ3) is 3.57. The highest BCUT2D eigenvalue weighted by Crippen LogP contribution is 2.33. The number of aromatic amines is 1. The fourth-order valence-electron chi connectivity index (χ4n) is 3.49. The number of aromatic nitrogens is 1. The molecule has 2 heterocycles. The van der Waals surface area contributed by atoms with E-state index in [1.54, 1.807) is 0 Å². The number of hydrogen-bond acceptors (Lipinski definition) is 5. The predicted molar refractivity (Wildman–Crippen MR) is 102 cm³/mol. The number of carbonyl (C=O) groups excluding carboxylic acids is 1. The van der Waals surface area contributed by atoms with E-state index in [-0.39, 0.29) is 5.97 Å². The number of carbonyl (C=O) groups is 1. The molecule has 1 N–H and O–H groups in total. The Balaban J connectivity index is 1.59. The van der Waals surface area contributed by atoms with Crippen molar-refractivity contribution in [2.75, 3.05) is 33.9 Å². The Hall–Kier alpha value is -2.73. The summed E-state index contributed by atoms with van der Waals surface area (Å²) >= 11 is 0. The van der Waals surface area contributed by atoms with Gasteiger partial charge in [0.2, 0.25) is 0 Å². The lowest BCUT2D eigenvalue weighted by Crippen LogP contribution is -2.29. The van der Waals surface area contributed by atoms with Crippen LogP contribution in [0.4, 0.5) is 0 Å². The molecule has 2 aliphatic rings. The van der Waals surface area contributed by atoms with Crippen LogP contribution in [0.3, 0.4) is 0 Å². The SMILES string of the molecule is CN(C)CCc1c[nH]c2cccc(OC(=O)C3CC=CC4=C3OCCO4)c12. The first kappa shape index (κ1) is 17.7. The monoisotopic (exact) mass is 368 g/mol. The van der Waals surface area contributed by atoms with E-state index in [0.717, 1.165) is 29.4 Å². The third-order valence-corrected chi connectivity index (χ3v) is 4.87. The molecule has 142 valence electrons. The summed E-state index contributed by atoms with van der Waals surface area (Å²) in [6, 6.07) is 5.73. The molecule has 4 rings (SSSR count). The van der Waals surface area contributed by atoms with E-state index in [1.165, 1.54) is 0 Å². The first-order valence-electron chi connectivity index (χ1n) is 9.25. The largest absolute Gasteiger partial charge is 0.490 e. The second kappa shape index (κ2) is 7.48. The third-order valence-electron chi connectivity index (χ3n) is 4.87. The van der Waals surface area contributed by atoms with Gasteiger partial charge >= 0.3 is 5.97 Å². The van der Waals surface area contributed by atoms with Crippen molar-refractivity contribution in [2.45, 2.75) is 12.8 Å². The van der Waals surface area contributed by atoms with Gasteiger partial charge in [0.25, 0.3) is 0 Å². The zero-order chi connectivity index (χ0) is 18.8. The summed E-state index contributed by atoms with van der Waals surface area (Å²) in [7, 11) is 4.09. The number of nitrogens with one attached hydrogen (secondary N) is 1. The molecular formula is C21H24N2O4. The molecule has 0 bridgehead atoms. The van der Waals surface area contributed by atoms with Crippen LogP contribution in [0.15, 0.2) is 48.1 Å². The lowest BCUT2D eigenvalue weighted by molar-refractivity contribution is -0.139. The normalized spacial score (nSPS) is 19.0. The summed E-state index contributed by atoms with van der Waals surface area (Å²) in [5.74, 6) is 1.03. The molecule has 0 radical (unpaired) electrons. The molecule has 1 atom stereocenters. The smallest absolute Gasteiger partial charge is 0.322 e. The van der Waals surface area contributed by atoms with E-state index >= 15 is 0 Å². The van der Waals surface area contributed by atoms with Crippen LogP contribution < -0.4 is 4.74 Å². The molecule has 1 aliphatic heterocycles. The summed E-state index contributed by atoms with van der Waals surface area (Å²) in [5, 5.41) is 0.967. The Kier molecular flexibility index (Phi) is 4.90. The standard InChI is InChI=1S/C21H24N2O4/c1-23(2)10-9-14-13-22-16-6-4-7-17(19(14)16)27-21(24)15-5-3-8-18-20(15)26-12-11-25-18/h3-4,6-8,13,15,22H,5,9-12H2,1-2H3. The minimum absolute atomic E-state index is 0.315. The average molecular weight is 368 g/mol. The number of allylic oxidation sites excluding steroid dienone is 2. The van der Waals surface area contributed by atoms with Crippen molar-refractivity contribution in [1.82, 2.24) is 9.88 Å². The lowest BCUT2D eigenvalue weighted by atomic mass is 9.97. The van der Waals surface area contributed by atoms with Gasteiger partial charge in [0.05, 0.1) is 0 Å². The number of hydrogen-bond donors (Lipinski definition) is 1. The number of H-pyrrole nitrogens is 1. The summed E-state index contributed by atoms with van der Waals surface area (Å²) in [6.07, 6.45) is 7.22. The maximum Gasteiger partial charge on any atom is 0.322 e. The summed E-state index contributed by atoms with van der Waals surface area (Å²) < 4.78 is 17.1. The van der Waals surface area contributed by atoms with Crippen molar-refractivity contribution in [3.63, 3.8) is 0 Å². The molecule has 0 saturated heterocycles. The Morgan fingerprint density at radius 2 is 2.15 bits per heavy atom. The zero-order valence-corrected chi connectivity index (χ0v) is 15.7. The molecule has 6 heteroatoms. The number of likely N-dealkylation sites (N-methyl/N-ethyl adjacent to an activating group) is 1. The van der Waals surface area contributed by atoms with Crippen LogP contribution in [0.2, 0.25) is 0 Å². The number of ether oxygens (including phenoxy) is 3. The molecule has 27 heavy (non-hydrogen) atoms. The van der Waals surface area contributed by atoms with Gasteiger partial charge in [0, 0.05) is 23.6 Å². The molecular weight excluding hydrogens is 344 g/mol. The second-order valence-electron chi connectivity index (χ2n) is 7.08. The molecule has 1 unspecified atom stereocenters. The quantitative estimate of drug-likeness (QED) is 0.649. The van der Waals surface area contributed by atoms with Crippen LogP contribution in [0.25, 0.3) is 10.9 Å². The fraction of sp³-hybridized carbons (Fsp3) is 0.381. The molecule has 0 amide bonds. The Bertz CT molecular complexity index is 910. The zero-order valence-electron chi connectivity index (χ0n) is 15.7. The predicted octanol–water partition coefficient (Wildman–Crippen LogP) is 3.01. The van der Waals surface area contributed by atoms with E-state index in [9.17, 15) is 4.79 Å². The molecule has 1 aromatic carbocycles. The summed E-state index contributed by atoms with van der Waals surface area (Å²) in [5.41, 5.74) is 2.11. The van der Waals surface area contributed by atoms with Gasteiger partial charge < -0.3 is 24.1 Å². The van der Waals surface area contributed by atoms with Gasteiger partial charge in [-0.05, 0) is 50.7 Å². The van der Waals surface area contributed by atoms with Crippen molar-refractivity contribution < 1.29 is 19.0 Å². The van der Waals surface area contributed by atoms with Gasteiger partial charge in [0.1, 0.15) is 24.9 Å². The Labute approximate surface area is 158 Å². The number of rotatable bonds is 5. The van der Waals surface area contributed by atoms with Crippen LogP contribution in [0.1, 0.15) is 12.0 Å². The minimum Gasteiger partial charge on any atom is -0.490 e. The van der Waals surface area contributed by atoms with Crippen molar-refractivity contribution >= 4 is 16.9 Å². The minimum atomic E-state index is -0.468. The molecule has 6 nitrogen and oxygen atoms in total. The maximum absolute atomic E-state index is 12.9. The van der Waals surface area contributed by atoms with Crippen molar-refractivity contribution in [2.24, 2.45) is 5.92 Å². The lowest BCUT2D eigenvalue weighted by Gasteiger charge is -2.27. The first-order chi connectivity index (χ1) is 13.1. The van der Waals surface area contributed by atoms with Gasteiger partial charge in [0.15, 0.2) is 11.5 Å². The van der Waals surface area contributed by atoms with Gasteiger partial charge in [-0.25, -0.2) is 0 Å². The van der Waals surface area contributed by atoms with Crippen LogP contribution in [0, 0.1) is 5.92 Å². The van der Waals surface area contributed by atoms with Crippen LogP contribution in [0.5, 0.6) is 5.75 Å². The molecule has 0 spiro atoms. The van der Waals surface area contributed by atoms with Crippen molar-refractivity contribution in [1.29, 1.82) is 0 Å². The highest BCUT2D eigenvalue weighted by molar-refractivity contribution is 5.92. The van der Waals surface area contributed by atoms with Gasteiger partial charge in [-0.3, -0.25) is 4.79 Å². The van der Waals surface area contributed by atoms with E-state index in [1.807, 2.05) is 50.6 Å². The van der Waals surface area contributed by atoms with Crippen molar-refractivity contribution in [3.05, 3.63) is 53.6 Å². The number of fused-ring (bicyclic) bond motifs is 1. The average Bonchev–Trinajstić information content (AvgIpc) is 3.10. The van der Waals surface area contributed by atoms with Crippen LogP contribution in [-0.4, -0.2) is 49.7 Å². The number of esters is 1. The summed E-state index contributed by atoms with van der Waals surface area (Å²) in [4.78, 5) is 18.3. The highest BCUT2D eigenvalue weighted by atomic mass is 16.6. The van der Waals surface area contributed by atoms with Crippen molar-refractivity contribution in [3.8, 4) is 5.75 Å². The molecule has 0 saturated carbocycles. The highest BCUT2D eigenvalue weighted by Gasteiger charge is 2.33. The van der Waals surface area contributed by atoms with E-state index < -0.39 is 5.92 Å². The van der Waals surface area contributed by atoms with Gasteiger partial charge in [-0.1, -0.05) is 12.1 Å².